The Morgan fingerprint density at radius 1 is 1.09 bits per heavy atom. The molecule has 2 heterocycles. The molecule has 6 nitrogen and oxygen atoms in total. The lowest BCUT2D eigenvalue weighted by molar-refractivity contribution is 0.210. The molecular weight excluding hydrogens is 441 g/mol. The Morgan fingerprint density at radius 3 is 2.64 bits per heavy atom. The minimum absolute atomic E-state index is 0.139. The summed E-state index contributed by atoms with van der Waals surface area (Å²) in [6.45, 7) is 0.0952. The first kappa shape index (κ1) is 21.6. The maximum Gasteiger partial charge on any atom is 0.246 e. The Balaban J connectivity index is 1.63. The van der Waals surface area contributed by atoms with Crippen LogP contribution in [0.5, 0.6) is 0 Å². The number of aliphatic hydroxyl groups is 1. The molecule has 0 spiro atoms. The Morgan fingerprint density at radius 2 is 1.88 bits per heavy atom. The third kappa shape index (κ3) is 3.59. The first-order valence-corrected chi connectivity index (χ1v) is 12.2. The molecule has 8 heteroatoms. The Bertz CT molecular complexity index is 1370. The van der Waals surface area contributed by atoms with Gasteiger partial charge in [0.15, 0.2) is 0 Å². The highest BCUT2D eigenvalue weighted by atomic mass is 32.2. The number of nitrogens with one attached hydrogen (secondary N) is 1. The predicted molar refractivity (Wildman–Crippen MR) is 122 cm³/mol. The number of halogens is 1. The SMILES string of the molecule is N#Cc1cccc(-c2ccc3c(c2)[C@@H]2[C@@H](CCN2S(=O)(=O)c2ccccc2F)[C@@H](CO)N3)c1. The van der Waals surface area contributed by atoms with Gasteiger partial charge in [-0.2, -0.15) is 9.57 Å². The van der Waals surface area contributed by atoms with Gasteiger partial charge in [-0.25, -0.2) is 12.8 Å². The molecule has 0 amide bonds. The number of nitriles is 1. The largest absolute Gasteiger partial charge is 0.394 e. The molecule has 0 unspecified atom stereocenters. The molecule has 168 valence electrons. The lowest BCUT2D eigenvalue weighted by atomic mass is 9.82. The second-order valence-corrected chi connectivity index (χ2v) is 10.2. The lowest BCUT2D eigenvalue weighted by Gasteiger charge is -2.39. The minimum atomic E-state index is -4.10. The molecule has 0 radical (unpaired) electrons. The van der Waals surface area contributed by atoms with E-state index in [-0.39, 0.29) is 30.0 Å². The fraction of sp³-hybridized carbons (Fsp3) is 0.240. The number of anilines is 1. The Labute approximate surface area is 192 Å². The highest BCUT2D eigenvalue weighted by Crippen LogP contribution is 2.49. The molecule has 3 atom stereocenters. The zero-order valence-electron chi connectivity index (χ0n) is 17.6. The third-order valence-electron chi connectivity index (χ3n) is 6.57. The molecule has 0 aliphatic carbocycles. The molecule has 1 saturated heterocycles. The summed E-state index contributed by atoms with van der Waals surface area (Å²) in [5.74, 6) is -0.944. The molecule has 0 aromatic heterocycles. The maximum atomic E-state index is 14.5. The first-order chi connectivity index (χ1) is 15.9. The smallest absolute Gasteiger partial charge is 0.246 e. The van der Waals surface area contributed by atoms with Crippen LogP contribution < -0.4 is 5.32 Å². The van der Waals surface area contributed by atoms with Gasteiger partial charge >= 0.3 is 0 Å². The molecule has 3 aromatic carbocycles. The van der Waals surface area contributed by atoms with Crippen molar-refractivity contribution in [1.82, 2.24) is 4.31 Å². The molecule has 2 aliphatic heterocycles. The van der Waals surface area contributed by atoms with E-state index in [4.69, 9.17) is 0 Å². The van der Waals surface area contributed by atoms with E-state index in [2.05, 4.69) is 11.4 Å². The number of nitrogens with zero attached hydrogens (tertiary/aromatic N) is 2. The summed E-state index contributed by atoms with van der Waals surface area (Å²) >= 11 is 0. The van der Waals surface area contributed by atoms with Crippen molar-refractivity contribution in [2.24, 2.45) is 5.92 Å². The number of benzene rings is 3. The van der Waals surface area contributed by atoms with Gasteiger partial charge in [-0.15, -0.1) is 0 Å². The summed E-state index contributed by atoms with van der Waals surface area (Å²) in [5.41, 5.74) is 3.75. The van der Waals surface area contributed by atoms with Crippen LogP contribution in [-0.2, 0) is 10.0 Å². The van der Waals surface area contributed by atoms with E-state index in [1.165, 1.54) is 22.5 Å². The average molecular weight is 464 g/mol. The molecule has 3 aromatic rings. The van der Waals surface area contributed by atoms with Crippen molar-refractivity contribution < 1.29 is 17.9 Å². The number of aliphatic hydroxyl groups excluding tert-OH is 1. The van der Waals surface area contributed by atoms with Gasteiger partial charge in [0.1, 0.15) is 10.7 Å². The van der Waals surface area contributed by atoms with Crippen LogP contribution in [0.4, 0.5) is 10.1 Å². The van der Waals surface area contributed by atoms with Crippen molar-refractivity contribution in [1.29, 1.82) is 5.26 Å². The number of fused-ring (bicyclic) bond motifs is 3. The van der Waals surface area contributed by atoms with Gasteiger partial charge in [0.2, 0.25) is 10.0 Å². The van der Waals surface area contributed by atoms with Crippen molar-refractivity contribution in [2.45, 2.75) is 23.4 Å². The molecule has 0 saturated carbocycles. The van der Waals surface area contributed by atoms with Crippen LogP contribution in [0.2, 0.25) is 0 Å². The minimum Gasteiger partial charge on any atom is -0.394 e. The zero-order chi connectivity index (χ0) is 23.2. The lowest BCUT2D eigenvalue weighted by Crippen LogP contribution is -2.43. The van der Waals surface area contributed by atoms with Crippen LogP contribution in [0.3, 0.4) is 0 Å². The zero-order valence-corrected chi connectivity index (χ0v) is 18.5. The van der Waals surface area contributed by atoms with Gasteiger partial charge in [-0.3, -0.25) is 0 Å². The summed E-state index contributed by atoms with van der Waals surface area (Å²) in [7, 11) is -4.10. The van der Waals surface area contributed by atoms with Crippen LogP contribution in [0.1, 0.15) is 23.6 Å². The van der Waals surface area contributed by atoms with E-state index >= 15 is 0 Å². The monoisotopic (exact) mass is 463 g/mol. The highest BCUT2D eigenvalue weighted by Gasteiger charge is 2.49. The maximum absolute atomic E-state index is 14.5. The average Bonchev–Trinajstić information content (AvgIpc) is 3.30. The molecule has 5 rings (SSSR count). The van der Waals surface area contributed by atoms with Crippen molar-refractivity contribution in [2.75, 3.05) is 18.5 Å². The van der Waals surface area contributed by atoms with Gasteiger partial charge in [0.05, 0.1) is 30.3 Å². The van der Waals surface area contributed by atoms with Gasteiger partial charge < -0.3 is 10.4 Å². The number of rotatable bonds is 4. The fourth-order valence-corrected chi connectivity index (χ4v) is 6.75. The van der Waals surface area contributed by atoms with Gasteiger partial charge in [-0.1, -0.05) is 30.3 Å². The molecule has 0 bridgehead atoms. The second-order valence-electron chi connectivity index (χ2n) is 8.37. The van der Waals surface area contributed by atoms with E-state index in [9.17, 15) is 23.2 Å². The number of sulfonamides is 1. The molecular formula is C25H22FN3O3S. The predicted octanol–water partition coefficient (Wildman–Crippen LogP) is 3.90. The van der Waals surface area contributed by atoms with E-state index in [1.807, 2.05) is 24.3 Å². The Hall–Kier alpha value is -3.25. The quantitative estimate of drug-likeness (QED) is 0.612. The summed E-state index contributed by atoms with van der Waals surface area (Å²) in [4.78, 5) is -0.343. The molecule has 2 N–H and O–H groups in total. The Kier molecular flexibility index (Phi) is 5.41. The van der Waals surface area contributed by atoms with Crippen molar-refractivity contribution in [3.05, 3.63) is 83.7 Å². The van der Waals surface area contributed by atoms with Crippen LogP contribution in [0.15, 0.2) is 71.6 Å². The van der Waals surface area contributed by atoms with Gasteiger partial charge in [0.25, 0.3) is 0 Å². The number of hydrogen-bond donors (Lipinski definition) is 2. The van der Waals surface area contributed by atoms with E-state index < -0.39 is 21.9 Å². The number of hydrogen-bond acceptors (Lipinski definition) is 5. The van der Waals surface area contributed by atoms with Crippen molar-refractivity contribution in [3.8, 4) is 17.2 Å². The molecule has 2 aliphatic rings. The highest BCUT2D eigenvalue weighted by molar-refractivity contribution is 7.89. The topological polar surface area (TPSA) is 93.4 Å². The van der Waals surface area contributed by atoms with Gasteiger partial charge in [-0.05, 0) is 59.5 Å². The van der Waals surface area contributed by atoms with Crippen molar-refractivity contribution in [3.63, 3.8) is 0 Å². The summed E-state index contributed by atoms with van der Waals surface area (Å²) in [6.07, 6.45) is 0.546. The third-order valence-corrected chi connectivity index (χ3v) is 8.49. The fourth-order valence-electron chi connectivity index (χ4n) is 5.02. The molecule has 33 heavy (non-hydrogen) atoms. The van der Waals surface area contributed by atoms with Crippen LogP contribution in [-0.4, -0.2) is 37.0 Å². The van der Waals surface area contributed by atoms with Crippen LogP contribution in [0.25, 0.3) is 11.1 Å². The molecule has 1 fully saturated rings. The van der Waals surface area contributed by atoms with Gasteiger partial charge in [0, 0.05) is 18.2 Å². The van der Waals surface area contributed by atoms with Crippen LogP contribution in [0, 0.1) is 23.1 Å². The van der Waals surface area contributed by atoms with E-state index in [0.717, 1.165) is 28.4 Å². The second kappa shape index (κ2) is 8.27. The van der Waals surface area contributed by atoms with E-state index in [1.54, 1.807) is 18.2 Å². The summed E-state index contributed by atoms with van der Waals surface area (Å²) in [5, 5.41) is 22.6. The van der Waals surface area contributed by atoms with Crippen molar-refractivity contribution >= 4 is 15.7 Å². The summed E-state index contributed by atoms with van der Waals surface area (Å²) in [6, 6.07) is 19.6. The van der Waals surface area contributed by atoms with E-state index in [0.29, 0.717) is 12.0 Å². The normalized spacial score (nSPS) is 22.2. The standard InChI is InChI=1S/C25H22FN3O3S/c26-21-6-1-2-7-24(21)33(31,32)29-11-10-19-23(15-30)28-22-9-8-18(13-20(22)25(19)29)17-5-3-4-16(12-17)14-27/h1-9,12-13,19,23,25,28,30H,10-11,15H2/t19-,23+,25-/m0/s1. The summed E-state index contributed by atoms with van der Waals surface area (Å²) < 4.78 is 42.9. The first-order valence-electron chi connectivity index (χ1n) is 10.7. The van der Waals surface area contributed by atoms with Crippen LogP contribution >= 0.6 is 0 Å².